The van der Waals surface area contributed by atoms with Gasteiger partial charge in [-0.3, -0.25) is 24.6 Å². The molecule has 1 unspecified atom stereocenters. The summed E-state index contributed by atoms with van der Waals surface area (Å²) < 4.78 is 5.13. The molecule has 4 rings (SSSR count). The van der Waals surface area contributed by atoms with Gasteiger partial charge in [-0.2, -0.15) is 0 Å². The number of halogens is 1. The highest BCUT2D eigenvalue weighted by molar-refractivity contribution is 6.30. The van der Waals surface area contributed by atoms with Crippen molar-refractivity contribution in [2.45, 2.75) is 19.4 Å². The van der Waals surface area contributed by atoms with Crippen LogP contribution in [0.5, 0.6) is 5.75 Å². The first kappa shape index (κ1) is 24.0. The third-order valence-electron chi connectivity index (χ3n) is 5.58. The Labute approximate surface area is 207 Å². The Kier molecular flexibility index (Phi) is 6.84. The molecule has 8 nitrogen and oxygen atoms in total. The normalized spacial score (nSPS) is 15.2. The third-order valence-corrected chi connectivity index (χ3v) is 5.83. The summed E-state index contributed by atoms with van der Waals surface area (Å²) in [6.45, 7) is 1.82. The average molecular weight is 492 g/mol. The van der Waals surface area contributed by atoms with Crippen LogP contribution in [0.4, 0.5) is 5.69 Å². The number of nitrogens with zero attached hydrogens (tertiary/aromatic N) is 2. The van der Waals surface area contributed by atoms with Crippen LogP contribution in [0.1, 0.15) is 32.7 Å². The summed E-state index contributed by atoms with van der Waals surface area (Å²) in [5.41, 5.74) is 4.21. The first-order valence-electron chi connectivity index (χ1n) is 10.8. The van der Waals surface area contributed by atoms with Gasteiger partial charge in [-0.05, 0) is 67.6 Å². The Bertz CT molecular complexity index is 1290. The van der Waals surface area contributed by atoms with Gasteiger partial charge in [0.15, 0.2) is 0 Å². The summed E-state index contributed by atoms with van der Waals surface area (Å²) in [6, 6.07) is 18.0. The smallest absolute Gasteiger partial charge is 0.273 e. The number of carbonyl (C=O) groups excluding carboxylic acids is 4. The summed E-state index contributed by atoms with van der Waals surface area (Å²) in [5.74, 6) is -1.79. The summed E-state index contributed by atoms with van der Waals surface area (Å²) in [4.78, 5) is 53.7. The molecule has 1 saturated heterocycles. The molecule has 178 valence electrons. The first-order chi connectivity index (χ1) is 16.8. The largest absolute Gasteiger partial charge is 0.497 e. The Morgan fingerprint density at radius 1 is 1.00 bits per heavy atom. The van der Waals surface area contributed by atoms with E-state index in [-0.39, 0.29) is 17.5 Å². The second kappa shape index (κ2) is 9.99. The van der Waals surface area contributed by atoms with Crippen molar-refractivity contribution in [3.8, 4) is 5.75 Å². The fourth-order valence-corrected chi connectivity index (χ4v) is 3.91. The first-order valence-corrected chi connectivity index (χ1v) is 11.1. The van der Waals surface area contributed by atoms with Crippen molar-refractivity contribution in [1.82, 2.24) is 10.4 Å². The summed E-state index contributed by atoms with van der Waals surface area (Å²) >= 11 is 5.91. The molecule has 1 fully saturated rings. The molecule has 1 aliphatic heterocycles. The minimum atomic E-state index is -1.23. The van der Waals surface area contributed by atoms with E-state index in [9.17, 15) is 19.2 Å². The topological polar surface area (TPSA) is 96.0 Å². The van der Waals surface area contributed by atoms with Crippen LogP contribution in [-0.2, 0) is 9.59 Å². The molecule has 0 aromatic heterocycles. The summed E-state index contributed by atoms with van der Waals surface area (Å²) in [5, 5.41) is 1.39. The Balaban J connectivity index is 1.67. The molecule has 4 amide bonds. The number of hydrazine groups is 1. The summed E-state index contributed by atoms with van der Waals surface area (Å²) in [6.07, 6.45) is -0.288. The van der Waals surface area contributed by atoms with Crippen LogP contribution in [0.3, 0.4) is 0 Å². The number of methoxy groups -OCH3 is 1. The van der Waals surface area contributed by atoms with Crippen LogP contribution in [0.15, 0.2) is 72.8 Å². The quantitative estimate of drug-likeness (QED) is 0.433. The van der Waals surface area contributed by atoms with E-state index in [1.54, 1.807) is 54.6 Å². The van der Waals surface area contributed by atoms with E-state index in [2.05, 4.69) is 5.43 Å². The highest BCUT2D eigenvalue weighted by Gasteiger charge is 2.45. The number of imide groups is 1. The average Bonchev–Trinajstić information content (AvgIpc) is 3.15. The van der Waals surface area contributed by atoms with Crippen molar-refractivity contribution in [3.63, 3.8) is 0 Å². The summed E-state index contributed by atoms with van der Waals surface area (Å²) in [7, 11) is 1.51. The predicted molar refractivity (Wildman–Crippen MR) is 130 cm³/mol. The number of anilines is 1. The molecule has 0 saturated carbocycles. The van der Waals surface area contributed by atoms with E-state index < -0.39 is 29.7 Å². The van der Waals surface area contributed by atoms with Gasteiger partial charge in [-0.25, -0.2) is 9.91 Å². The Morgan fingerprint density at radius 2 is 1.69 bits per heavy atom. The molecule has 0 bridgehead atoms. The van der Waals surface area contributed by atoms with Crippen molar-refractivity contribution in [2.75, 3.05) is 12.0 Å². The maximum Gasteiger partial charge on any atom is 0.273 e. The maximum atomic E-state index is 13.5. The lowest BCUT2D eigenvalue weighted by Crippen LogP contribution is -2.54. The fraction of sp³-hybridized carbons (Fsp3) is 0.154. The van der Waals surface area contributed by atoms with Gasteiger partial charge in [0, 0.05) is 16.1 Å². The number of carbonyl (C=O) groups is 4. The third kappa shape index (κ3) is 5.02. The van der Waals surface area contributed by atoms with Gasteiger partial charge in [0.25, 0.3) is 17.7 Å². The zero-order valence-corrected chi connectivity index (χ0v) is 19.8. The van der Waals surface area contributed by atoms with E-state index in [1.807, 2.05) is 13.0 Å². The van der Waals surface area contributed by atoms with Gasteiger partial charge in [-0.1, -0.05) is 29.3 Å². The highest BCUT2D eigenvalue weighted by atomic mass is 35.5. The molecule has 3 aromatic carbocycles. The number of aryl methyl sites for hydroxylation is 1. The van der Waals surface area contributed by atoms with Gasteiger partial charge in [0.2, 0.25) is 5.91 Å². The van der Waals surface area contributed by atoms with Gasteiger partial charge < -0.3 is 4.74 Å². The van der Waals surface area contributed by atoms with Crippen LogP contribution in [-0.4, -0.2) is 41.8 Å². The van der Waals surface area contributed by atoms with Gasteiger partial charge in [0.1, 0.15) is 11.8 Å². The fourth-order valence-electron chi connectivity index (χ4n) is 3.78. The number of hydrogen-bond acceptors (Lipinski definition) is 5. The predicted octanol–water partition coefficient (Wildman–Crippen LogP) is 3.78. The zero-order valence-electron chi connectivity index (χ0n) is 19.0. The minimum Gasteiger partial charge on any atom is -0.497 e. The molecule has 35 heavy (non-hydrogen) atoms. The van der Waals surface area contributed by atoms with E-state index in [0.29, 0.717) is 16.5 Å². The van der Waals surface area contributed by atoms with Crippen LogP contribution in [0, 0.1) is 6.92 Å². The molecule has 1 heterocycles. The molecular weight excluding hydrogens is 470 g/mol. The standard InChI is InChI=1S/C26H22ClN3O5/c1-16-4-3-5-18(14-16)25(33)30(28-24(32)17-6-8-19(27)9-7-17)22-15-23(31)29(26(22)34)20-10-12-21(35-2)13-11-20/h3-14,22H,15H2,1-2H3,(H,28,32). The SMILES string of the molecule is COc1ccc(N2C(=O)CC(N(NC(=O)c3ccc(Cl)cc3)C(=O)c3cccc(C)c3)C2=O)cc1. The Morgan fingerprint density at radius 3 is 2.31 bits per heavy atom. The molecular formula is C26H22ClN3O5. The number of benzene rings is 3. The molecule has 0 radical (unpaired) electrons. The van der Waals surface area contributed by atoms with E-state index in [0.717, 1.165) is 15.5 Å². The van der Waals surface area contributed by atoms with Crippen LogP contribution in [0.25, 0.3) is 0 Å². The second-order valence-corrected chi connectivity index (χ2v) is 8.41. The lowest BCUT2D eigenvalue weighted by molar-refractivity contribution is -0.122. The molecule has 3 aromatic rings. The minimum absolute atomic E-state index is 0.236. The molecule has 1 atom stereocenters. The molecule has 0 aliphatic carbocycles. The highest BCUT2D eigenvalue weighted by Crippen LogP contribution is 2.28. The number of ether oxygens (including phenoxy) is 1. The number of nitrogens with one attached hydrogen (secondary N) is 1. The van der Waals surface area contributed by atoms with E-state index in [4.69, 9.17) is 16.3 Å². The van der Waals surface area contributed by atoms with E-state index >= 15 is 0 Å². The van der Waals surface area contributed by atoms with Crippen molar-refractivity contribution in [2.24, 2.45) is 0 Å². The number of hydrogen-bond donors (Lipinski definition) is 1. The molecule has 1 N–H and O–H groups in total. The number of amides is 4. The lowest BCUT2D eigenvalue weighted by atomic mass is 10.1. The second-order valence-electron chi connectivity index (χ2n) is 7.98. The van der Waals surface area contributed by atoms with Gasteiger partial charge in [0.05, 0.1) is 19.2 Å². The Hall–Kier alpha value is -4.17. The molecule has 1 aliphatic rings. The van der Waals surface area contributed by atoms with Crippen LogP contribution < -0.4 is 15.1 Å². The monoisotopic (exact) mass is 491 g/mol. The van der Waals surface area contributed by atoms with E-state index in [1.165, 1.54) is 19.2 Å². The lowest BCUT2D eigenvalue weighted by Gasteiger charge is -2.28. The van der Waals surface area contributed by atoms with Crippen molar-refractivity contribution in [1.29, 1.82) is 0 Å². The van der Waals surface area contributed by atoms with Crippen LogP contribution in [0.2, 0.25) is 5.02 Å². The van der Waals surface area contributed by atoms with Gasteiger partial charge >= 0.3 is 0 Å². The van der Waals surface area contributed by atoms with Crippen molar-refractivity contribution < 1.29 is 23.9 Å². The van der Waals surface area contributed by atoms with Crippen molar-refractivity contribution in [3.05, 3.63) is 94.5 Å². The van der Waals surface area contributed by atoms with Gasteiger partial charge in [-0.15, -0.1) is 0 Å². The van der Waals surface area contributed by atoms with Crippen molar-refractivity contribution >= 4 is 40.9 Å². The molecule has 0 spiro atoms. The van der Waals surface area contributed by atoms with Crippen LogP contribution >= 0.6 is 11.6 Å². The number of rotatable bonds is 5. The maximum absolute atomic E-state index is 13.5. The molecule has 9 heteroatoms. The zero-order chi connectivity index (χ0) is 25.1.